The van der Waals surface area contributed by atoms with Gasteiger partial charge in [0.15, 0.2) is 0 Å². The highest BCUT2D eigenvalue weighted by Crippen LogP contribution is 2.35. The van der Waals surface area contributed by atoms with Crippen LogP contribution in [0.5, 0.6) is 5.75 Å². The Bertz CT molecular complexity index is 417. The van der Waals surface area contributed by atoms with Crippen LogP contribution in [0.3, 0.4) is 0 Å². The molecule has 1 aliphatic heterocycles. The second-order valence-corrected chi connectivity index (χ2v) is 5.87. The maximum Gasteiger partial charge on any atom is 0.122 e. The molecule has 1 heterocycles. The summed E-state index contributed by atoms with van der Waals surface area (Å²) in [5.41, 5.74) is 2.08. The number of rotatable bonds is 4. The zero-order chi connectivity index (χ0) is 13.9. The van der Waals surface area contributed by atoms with Crippen LogP contribution in [0.25, 0.3) is 0 Å². The number of nitrogens with zero attached hydrogens (tertiary/aromatic N) is 1. The molecule has 0 spiro atoms. The molecule has 3 heteroatoms. The first-order chi connectivity index (χ1) is 9.10. The van der Waals surface area contributed by atoms with E-state index in [-0.39, 0.29) is 5.41 Å². The third-order valence-electron chi connectivity index (χ3n) is 4.72. The minimum atomic E-state index is 0.130. The van der Waals surface area contributed by atoms with Crippen LogP contribution in [0.4, 0.5) is 0 Å². The molecule has 3 nitrogen and oxygen atoms in total. The lowest BCUT2D eigenvalue weighted by Crippen LogP contribution is -2.41. The number of benzene rings is 1. The Morgan fingerprint density at radius 3 is 2.53 bits per heavy atom. The average Bonchev–Trinajstić information content (AvgIpc) is 2.45. The Hall–Kier alpha value is -1.06. The third-order valence-corrected chi connectivity index (χ3v) is 4.72. The molecular weight excluding hydrogens is 238 g/mol. The number of piperidine rings is 1. The third kappa shape index (κ3) is 3.10. The summed E-state index contributed by atoms with van der Waals surface area (Å²) in [7, 11) is 0. The number of hydrogen-bond donors (Lipinski definition) is 2. The van der Waals surface area contributed by atoms with Crippen molar-refractivity contribution in [1.29, 1.82) is 0 Å². The lowest BCUT2D eigenvalue weighted by Gasteiger charge is -2.40. The molecule has 1 aromatic carbocycles. The first-order valence-electron chi connectivity index (χ1n) is 7.21. The fourth-order valence-electron chi connectivity index (χ4n) is 2.90. The molecule has 2 N–H and O–H groups in total. The van der Waals surface area contributed by atoms with Gasteiger partial charge in [-0.05, 0) is 50.3 Å². The molecule has 0 bridgehead atoms. The van der Waals surface area contributed by atoms with Gasteiger partial charge in [-0.3, -0.25) is 4.90 Å². The summed E-state index contributed by atoms with van der Waals surface area (Å²) in [6.07, 6.45) is 3.15. The van der Waals surface area contributed by atoms with Crippen LogP contribution in [0.1, 0.15) is 37.3 Å². The van der Waals surface area contributed by atoms with E-state index in [1.165, 1.54) is 0 Å². The van der Waals surface area contributed by atoms with E-state index in [9.17, 15) is 10.2 Å². The predicted molar refractivity (Wildman–Crippen MR) is 77.2 cm³/mol. The average molecular weight is 263 g/mol. The van der Waals surface area contributed by atoms with E-state index in [2.05, 4.69) is 11.8 Å². The Morgan fingerprint density at radius 2 is 1.95 bits per heavy atom. The van der Waals surface area contributed by atoms with E-state index >= 15 is 0 Å². The lowest BCUT2D eigenvalue weighted by molar-refractivity contribution is 0.0380. The Kier molecular flexibility index (Phi) is 4.48. The van der Waals surface area contributed by atoms with Gasteiger partial charge in [-0.2, -0.15) is 0 Å². The van der Waals surface area contributed by atoms with Gasteiger partial charge in [0.05, 0.1) is 0 Å². The van der Waals surface area contributed by atoms with Gasteiger partial charge in [-0.25, -0.2) is 0 Å². The molecule has 0 amide bonds. The fraction of sp³-hybridized carbons (Fsp3) is 0.625. The normalized spacial score (nSPS) is 19.5. The largest absolute Gasteiger partial charge is 0.507 e. The van der Waals surface area contributed by atoms with E-state index < -0.39 is 0 Å². The van der Waals surface area contributed by atoms with Crippen molar-refractivity contribution in [3.8, 4) is 5.75 Å². The van der Waals surface area contributed by atoms with Crippen molar-refractivity contribution in [1.82, 2.24) is 4.90 Å². The molecule has 2 rings (SSSR count). The van der Waals surface area contributed by atoms with Gasteiger partial charge in [0, 0.05) is 18.7 Å². The second kappa shape index (κ2) is 5.93. The summed E-state index contributed by atoms with van der Waals surface area (Å²) in [5.74, 6) is 0.428. The van der Waals surface area contributed by atoms with Gasteiger partial charge in [0.2, 0.25) is 0 Å². The van der Waals surface area contributed by atoms with Crippen LogP contribution >= 0.6 is 0 Å². The van der Waals surface area contributed by atoms with Gasteiger partial charge >= 0.3 is 0 Å². The van der Waals surface area contributed by atoms with E-state index in [4.69, 9.17) is 0 Å². The molecule has 1 fully saturated rings. The van der Waals surface area contributed by atoms with E-state index in [0.29, 0.717) is 12.4 Å². The van der Waals surface area contributed by atoms with Gasteiger partial charge in [-0.1, -0.05) is 25.1 Å². The molecule has 1 saturated heterocycles. The summed E-state index contributed by atoms with van der Waals surface area (Å²) in [6.45, 7) is 7.20. The first kappa shape index (κ1) is 14.4. The predicted octanol–water partition coefficient (Wildman–Crippen LogP) is 2.69. The van der Waals surface area contributed by atoms with Crippen molar-refractivity contribution >= 4 is 0 Å². The molecule has 1 aliphatic rings. The number of aliphatic hydroxyl groups excluding tert-OH is 1. The minimum Gasteiger partial charge on any atom is -0.507 e. The highest BCUT2D eigenvalue weighted by molar-refractivity contribution is 5.39. The van der Waals surface area contributed by atoms with Crippen molar-refractivity contribution in [2.24, 2.45) is 5.41 Å². The molecule has 0 atom stereocenters. The molecule has 106 valence electrons. The van der Waals surface area contributed by atoms with Crippen molar-refractivity contribution in [2.75, 3.05) is 19.7 Å². The number of phenolic OH excluding ortho intramolecular Hbond substituents is 1. The number of phenols is 1. The first-order valence-corrected chi connectivity index (χ1v) is 7.21. The van der Waals surface area contributed by atoms with Crippen LogP contribution < -0.4 is 0 Å². The molecule has 0 unspecified atom stereocenters. The molecule has 0 radical (unpaired) electrons. The van der Waals surface area contributed by atoms with Gasteiger partial charge < -0.3 is 10.2 Å². The van der Waals surface area contributed by atoms with Gasteiger partial charge in [-0.15, -0.1) is 0 Å². The van der Waals surface area contributed by atoms with Gasteiger partial charge in [0.25, 0.3) is 0 Å². The maximum atomic E-state index is 10.1. The van der Waals surface area contributed by atoms with Crippen LogP contribution in [0.2, 0.25) is 0 Å². The zero-order valence-electron chi connectivity index (χ0n) is 12.0. The summed E-state index contributed by atoms with van der Waals surface area (Å²) >= 11 is 0. The molecule has 19 heavy (non-hydrogen) atoms. The molecule has 0 aromatic heterocycles. The number of para-hydroxylation sites is 1. The highest BCUT2D eigenvalue weighted by Gasteiger charge is 2.32. The van der Waals surface area contributed by atoms with Crippen molar-refractivity contribution in [3.05, 3.63) is 29.3 Å². The van der Waals surface area contributed by atoms with E-state index in [1.807, 2.05) is 25.1 Å². The topological polar surface area (TPSA) is 43.7 Å². The Balaban J connectivity index is 1.98. The van der Waals surface area contributed by atoms with Gasteiger partial charge in [0.1, 0.15) is 5.75 Å². The highest BCUT2D eigenvalue weighted by atomic mass is 16.3. The number of likely N-dealkylation sites (tertiary alicyclic amines) is 1. The number of aryl methyl sites for hydroxylation is 1. The SMILES string of the molecule is CCC1(CO)CCN(Cc2cccc(C)c2O)CC1. The lowest BCUT2D eigenvalue weighted by atomic mass is 9.77. The maximum absolute atomic E-state index is 10.1. The zero-order valence-corrected chi connectivity index (χ0v) is 12.0. The molecule has 0 aliphatic carbocycles. The van der Waals surface area contributed by atoms with Crippen LogP contribution in [-0.2, 0) is 6.54 Å². The minimum absolute atomic E-state index is 0.130. The molecule has 1 aromatic rings. The van der Waals surface area contributed by atoms with Crippen molar-refractivity contribution in [2.45, 2.75) is 39.7 Å². The smallest absolute Gasteiger partial charge is 0.122 e. The molecule has 0 saturated carbocycles. The Labute approximate surface area is 115 Å². The van der Waals surface area contributed by atoms with E-state index in [0.717, 1.165) is 50.0 Å². The molecular formula is C16H25NO2. The second-order valence-electron chi connectivity index (χ2n) is 5.87. The summed E-state index contributed by atoms with van der Waals surface area (Å²) in [6, 6.07) is 5.93. The number of aromatic hydroxyl groups is 1. The quantitative estimate of drug-likeness (QED) is 0.878. The number of aliphatic hydroxyl groups is 1. The number of hydrogen-bond acceptors (Lipinski definition) is 3. The summed E-state index contributed by atoms with van der Waals surface area (Å²) in [4.78, 5) is 2.37. The van der Waals surface area contributed by atoms with E-state index in [1.54, 1.807) is 0 Å². The summed E-state index contributed by atoms with van der Waals surface area (Å²) < 4.78 is 0. The summed E-state index contributed by atoms with van der Waals surface area (Å²) in [5, 5.41) is 19.6. The van der Waals surface area contributed by atoms with Crippen LogP contribution in [0.15, 0.2) is 18.2 Å². The van der Waals surface area contributed by atoms with Crippen LogP contribution in [-0.4, -0.2) is 34.8 Å². The monoisotopic (exact) mass is 263 g/mol. The van der Waals surface area contributed by atoms with Crippen molar-refractivity contribution in [3.63, 3.8) is 0 Å². The van der Waals surface area contributed by atoms with Crippen molar-refractivity contribution < 1.29 is 10.2 Å². The fourth-order valence-corrected chi connectivity index (χ4v) is 2.90. The standard InChI is InChI=1S/C16H25NO2/c1-3-16(12-18)7-9-17(10-8-16)11-14-6-4-5-13(2)15(14)19/h4-6,18-19H,3,7-12H2,1-2H3. The Morgan fingerprint density at radius 1 is 1.26 bits per heavy atom. The van der Waals surface area contributed by atoms with Crippen LogP contribution in [0, 0.1) is 12.3 Å².